The third-order valence-corrected chi connectivity index (χ3v) is 1.79. The van der Waals surface area contributed by atoms with Crippen molar-refractivity contribution in [3.8, 4) is 0 Å². The van der Waals surface area contributed by atoms with Crippen LogP contribution in [0.1, 0.15) is 12.8 Å². The molecule has 0 saturated heterocycles. The fourth-order valence-electron chi connectivity index (χ4n) is 1.15. The maximum Gasteiger partial charge on any atom is 0.340 e. The molecule has 0 aromatic rings. The minimum atomic E-state index is -0.573. The van der Waals surface area contributed by atoms with Crippen LogP contribution < -0.4 is 11.5 Å². The lowest BCUT2D eigenvalue weighted by atomic mass is 9.97. The first kappa shape index (κ1) is 9.66. The molecule has 1 amide bonds. The molecule has 0 aromatic carbocycles. The van der Waals surface area contributed by atoms with Crippen LogP contribution in [0.15, 0.2) is 5.16 Å². The first-order valence-corrected chi connectivity index (χ1v) is 3.91. The Morgan fingerprint density at radius 3 is 2.77 bits per heavy atom. The molecule has 0 radical (unpaired) electrons. The van der Waals surface area contributed by atoms with Crippen LogP contribution in [0, 0.1) is 5.92 Å². The maximum absolute atomic E-state index is 10.9. The normalized spacial score (nSPS) is 17.9. The quantitative estimate of drug-likeness (QED) is 0.533. The van der Waals surface area contributed by atoms with Gasteiger partial charge >= 0.3 is 5.97 Å². The molecule has 1 atom stereocenters. The van der Waals surface area contributed by atoms with E-state index in [1.807, 2.05) is 0 Å². The zero-order chi connectivity index (χ0) is 9.84. The van der Waals surface area contributed by atoms with E-state index in [4.69, 9.17) is 11.5 Å². The number of nitrogens with zero attached hydrogens (tertiary/aromatic N) is 1. The van der Waals surface area contributed by atoms with Crippen molar-refractivity contribution in [1.82, 2.24) is 0 Å². The second kappa shape index (κ2) is 3.99. The first-order valence-electron chi connectivity index (χ1n) is 3.91. The predicted molar refractivity (Wildman–Crippen MR) is 44.5 cm³/mol. The summed E-state index contributed by atoms with van der Waals surface area (Å²) in [6, 6.07) is 0. The Morgan fingerprint density at radius 2 is 2.38 bits per heavy atom. The van der Waals surface area contributed by atoms with Crippen molar-refractivity contribution in [2.45, 2.75) is 12.8 Å². The molecular weight excluding hydrogens is 174 g/mol. The van der Waals surface area contributed by atoms with E-state index in [-0.39, 0.29) is 6.42 Å². The van der Waals surface area contributed by atoms with E-state index in [1.165, 1.54) is 0 Å². The highest BCUT2D eigenvalue weighted by molar-refractivity contribution is 6.11. The van der Waals surface area contributed by atoms with Gasteiger partial charge in [0.15, 0.2) is 0 Å². The van der Waals surface area contributed by atoms with Crippen LogP contribution >= 0.6 is 0 Å². The lowest BCUT2D eigenvalue weighted by Gasteiger charge is -2.08. The Bertz CT molecular complexity index is 262. The Hall–Kier alpha value is -1.43. The summed E-state index contributed by atoms with van der Waals surface area (Å²) in [5.41, 5.74) is 10.8. The SMILES string of the molecule is NCCC(C(N)=O)C1=NOC(=O)C1. The summed E-state index contributed by atoms with van der Waals surface area (Å²) in [7, 11) is 0. The molecule has 1 aliphatic heterocycles. The van der Waals surface area contributed by atoms with E-state index >= 15 is 0 Å². The summed E-state index contributed by atoms with van der Waals surface area (Å²) < 4.78 is 0. The molecule has 1 aliphatic rings. The first-order chi connectivity index (χ1) is 6.15. The smallest absolute Gasteiger partial charge is 0.340 e. The van der Waals surface area contributed by atoms with Crippen molar-refractivity contribution in [3.05, 3.63) is 0 Å². The van der Waals surface area contributed by atoms with Crippen LogP contribution in [0.3, 0.4) is 0 Å². The lowest BCUT2D eigenvalue weighted by molar-refractivity contribution is -0.140. The van der Waals surface area contributed by atoms with Gasteiger partial charge in [0, 0.05) is 0 Å². The molecule has 4 N–H and O–H groups in total. The minimum Gasteiger partial charge on any atom is -0.369 e. The molecule has 0 fully saturated rings. The van der Waals surface area contributed by atoms with Gasteiger partial charge in [-0.3, -0.25) is 4.79 Å². The van der Waals surface area contributed by atoms with Crippen molar-refractivity contribution >= 4 is 17.6 Å². The Labute approximate surface area is 74.9 Å². The number of primary amides is 1. The number of carbonyl (C=O) groups excluding carboxylic acids is 2. The second-order valence-electron chi connectivity index (χ2n) is 2.76. The third kappa shape index (κ3) is 2.25. The summed E-state index contributed by atoms with van der Waals surface area (Å²) in [6.07, 6.45) is 0.429. The molecule has 0 aliphatic carbocycles. The maximum atomic E-state index is 10.9. The van der Waals surface area contributed by atoms with Gasteiger partial charge in [-0.05, 0) is 13.0 Å². The largest absolute Gasteiger partial charge is 0.369 e. The van der Waals surface area contributed by atoms with E-state index in [1.54, 1.807) is 0 Å². The van der Waals surface area contributed by atoms with Gasteiger partial charge in [-0.15, -0.1) is 0 Å². The molecule has 13 heavy (non-hydrogen) atoms. The van der Waals surface area contributed by atoms with Crippen molar-refractivity contribution in [2.24, 2.45) is 22.5 Å². The van der Waals surface area contributed by atoms with Crippen LogP contribution in [0.25, 0.3) is 0 Å². The van der Waals surface area contributed by atoms with E-state index < -0.39 is 17.8 Å². The van der Waals surface area contributed by atoms with Crippen LogP contribution in [-0.2, 0) is 14.4 Å². The Balaban J connectivity index is 2.65. The Kier molecular flexibility index (Phi) is 2.97. The highest BCUT2D eigenvalue weighted by Crippen LogP contribution is 2.13. The Morgan fingerprint density at radius 1 is 1.69 bits per heavy atom. The van der Waals surface area contributed by atoms with Gasteiger partial charge in [-0.25, -0.2) is 4.79 Å². The van der Waals surface area contributed by atoms with Crippen molar-refractivity contribution in [1.29, 1.82) is 0 Å². The minimum absolute atomic E-state index is 0.0353. The fraction of sp³-hybridized carbons (Fsp3) is 0.571. The molecule has 0 aromatic heterocycles. The van der Waals surface area contributed by atoms with E-state index in [0.29, 0.717) is 18.7 Å². The average molecular weight is 185 g/mol. The number of nitrogens with two attached hydrogens (primary N) is 2. The van der Waals surface area contributed by atoms with Gasteiger partial charge in [0.2, 0.25) is 5.91 Å². The highest BCUT2D eigenvalue weighted by Gasteiger charge is 2.28. The summed E-state index contributed by atoms with van der Waals surface area (Å²) in [6.45, 7) is 0.320. The standard InChI is InChI=1S/C7H11N3O3/c8-2-1-4(7(9)12)5-3-6(11)13-10-5/h4H,1-3,8H2,(H2,9,12). The second-order valence-corrected chi connectivity index (χ2v) is 2.76. The van der Waals surface area contributed by atoms with Gasteiger partial charge in [0.1, 0.15) is 0 Å². The zero-order valence-electron chi connectivity index (χ0n) is 7.03. The van der Waals surface area contributed by atoms with Crippen molar-refractivity contribution < 1.29 is 14.4 Å². The number of hydrogen-bond acceptors (Lipinski definition) is 5. The van der Waals surface area contributed by atoms with Crippen molar-refractivity contribution in [3.63, 3.8) is 0 Å². The molecule has 0 spiro atoms. The number of carbonyl (C=O) groups is 2. The molecule has 1 rings (SSSR count). The van der Waals surface area contributed by atoms with Gasteiger partial charge in [0.05, 0.1) is 18.1 Å². The molecule has 72 valence electrons. The van der Waals surface area contributed by atoms with Crippen LogP contribution in [-0.4, -0.2) is 24.1 Å². The monoisotopic (exact) mass is 185 g/mol. The topological polar surface area (TPSA) is 108 Å². The zero-order valence-corrected chi connectivity index (χ0v) is 7.03. The number of oxime groups is 1. The highest BCUT2D eigenvalue weighted by atomic mass is 16.7. The molecular formula is C7H11N3O3. The number of rotatable bonds is 4. The summed E-state index contributed by atoms with van der Waals surface area (Å²) in [5, 5.41) is 3.47. The van der Waals surface area contributed by atoms with Gasteiger partial charge in [-0.1, -0.05) is 5.16 Å². The molecule has 6 heteroatoms. The third-order valence-electron chi connectivity index (χ3n) is 1.79. The van der Waals surface area contributed by atoms with Crippen LogP contribution in [0.2, 0.25) is 0 Å². The summed E-state index contributed by atoms with van der Waals surface area (Å²) >= 11 is 0. The summed E-state index contributed by atoms with van der Waals surface area (Å²) in [4.78, 5) is 25.9. The van der Waals surface area contributed by atoms with Gasteiger partial charge < -0.3 is 16.3 Å². The van der Waals surface area contributed by atoms with Gasteiger partial charge in [-0.2, -0.15) is 0 Å². The fourth-order valence-corrected chi connectivity index (χ4v) is 1.15. The summed E-state index contributed by atoms with van der Waals surface area (Å²) in [5.74, 6) is -1.56. The number of amides is 1. The average Bonchev–Trinajstić information content (AvgIpc) is 2.46. The lowest BCUT2D eigenvalue weighted by Crippen LogP contribution is -2.31. The molecule has 0 bridgehead atoms. The predicted octanol–water partition coefficient (Wildman–Crippen LogP) is -1.26. The van der Waals surface area contributed by atoms with Crippen molar-refractivity contribution in [2.75, 3.05) is 6.54 Å². The van der Waals surface area contributed by atoms with E-state index in [9.17, 15) is 9.59 Å². The molecule has 0 saturated carbocycles. The molecule has 6 nitrogen and oxygen atoms in total. The van der Waals surface area contributed by atoms with E-state index in [2.05, 4.69) is 9.99 Å². The number of hydrogen-bond donors (Lipinski definition) is 2. The van der Waals surface area contributed by atoms with Gasteiger partial charge in [0.25, 0.3) is 0 Å². The molecule has 1 heterocycles. The molecule has 1 unspecified atom stereocenters. The van der Waals surface area contributed by atoms with Crippen LogP contribution in [0.4, 0.5) is 0 Å². The van der Waals surface area contributed by atoms with Crippen LogP contribution in [0.5, 0.6) is 0 Å². The van der Waals surface area contributed by atoms with E-state index in [0.717, 1.165) is 0 Å².